The van der Waals surface area contributed by atoms with Gasteiger partial charge in [-0.1, -0.05) is 26.7 Å². The van der Waals surface area contributed by atoms with E-state index in [9.17, 15) is 19.2 Å². The first-order valence-corrected chi connectivity index (χ1v) is 10.2. The molecule has 0 aliphatic heterocycles. The molecule has 0 aromatic rings. The van der Waals surface area contributed by atoms with Gasteiger partial charge in [0.25, 0.3) is 0 Å². The molecule has 0 fully saturated rings. The Morgan fingerprint density at radius 3 is 1.09 bits per heavy atom. The maximum atomic E-state index is 10.0. The Bertz CT molecular complexity index is 425. The molecule has 0 aromatic heterocycles. The molecule has 0 aliphatic carbocycles. The molecule has 32 heavy (non-hydrogen) atoms. The van der Waals surface area contributed by atoms with Crippen molar-refractivity contribution < 1.29 is 59.3 Å². The van der Waals surface area contributed by atoms with E-state index in [2.05, 4.69) is 9.47 Å². The smallest absolute Gasteiger partial charge is 0.303 e. The summed E-state index contributed by atoms with van der Waals surface area (Å²) in [7, 11) is 0. The number of carbonyl (C=O) groups is 4. The lowest BCUT2D eigenvalue weighted by atomic mass is 10.3. The lowest BCUT2D eigenvalue weighted by molar-refractivity contribution is -0.145. The molecule has 2 atom stereocenters. The fourth-order valence-corrected chi connectivity index (χ4v) is 1.19. The summed E-state index contributed by atoms with van der Waals surface area (Å²) in [5.74, 6) is -2.30. The molecule has 12 heteroatoms. The highest BCUT2D eigenvalue weighted by atomic mass is 16.5. The summed E-state index contributed by atoms with van der Waals surface area (Å²) in [6, 6.07) is 0. The third kappa shape index (κ3) is 50.9. The second-order valence-corrected chi connectivity index (χ2v) is 6.27. The molecule has 0 amide bonds. The summed E-state index contributed by atoms with van der Waals surface area (Å²) in [5.41, 5.74) is 0. The molecule has 2 unspecified atom stereocenters. The maximum absolute atomic E-state index is 10.0. The standard InChI is InChI=1S/2C5H10O4.2C5H10O2/c2*1-4(7)9-3-5(8)2-6;2*1-2-3-4-5(6)7/h2*5-6,8H,2-3H2,1H3;2*2-4H2,1H3,(H,6,7). The SMILES string of the molecule is CC(=O)OCC(O)CO.CC(=O)OCC(O)CO.CCCCC(=O)O.CCCCC(=O)O. The Morgan fingerprint density at radius 2 is 0.969 bits per heavy atom. The number of rotatable bonds is 12. The summed E-state index contributed by atoms with van der Waals surface area (Å²) < 4.78 is 8.69. The minimum Gasteiger partial charge on any atom is -0.481 e. The fourth-order valence-electron chi connectivity index (χ4n) is 1.19. The summed E-state index contributed by atoms with van der Waals surface area (Å²) >= 11 is 0. The van der Waals surface area contributed by atoms with E-state index < -0.39 is 36.1 Å². The van der Waals surface area contributed by atoms with Crippen molar-refractivity contribution >= 4 is 23.9 Å². The molecular weight excluding hydrogens is 432 g/mol. The topological polar surface area (TPSA) is 208 Å². The molecule has 0 spiro atoms. The highest BCUT2D eigenvalue weighted by molar-refractivity contribution is 5.67. The van der Waals surface area contributed by atoms with Crippen molar-refractivity contribution in [3.63, 3.8) is 0 Å². The quantitative estimate of drug-likeness (QED) is 0.212. The first kappa shape index (κ1) is 37.1. The molecule has 0 saturated carbocycles. The molecule has 0 saturated heterocycles. The van der Waals surface area contributed by atoms with Gasteiger partial charge in [-0.3, -0.25) is 19.2 Å². The van der Waals surface area contributed by atoms with Gasteiger partial charge in [-0.05, 0) is 12.8 Å². The molecule has 6 N–H and O–H groups in total. The van der Waals surface area contributed by atoms with Crippen LogP contribution in [0.15, 0.2) is 0 Å². The van der Waals surface area contributed by atoms with E-state index in [0.29, 0.717) is 12.8 Å². The fraction of sp³-hybridized carbons (Fsp3) is 0.800. The van der Waals surface area contributed by atoms with E-state index in [1.807, 2.05) is 13.8 Å². The number of carboxylic acid groups (broad SMARTS) is 2. The molecule has 0 aliphatic rings. The zero-order valence-corrected chi connectivity index (χ0v) is 19.4. The molecule has 0 bridgehead atoms. The van der Waals surface area contributed by atoms with Crippen LogP contribution in [-0.4, -0.2) is 93.2 Å². The van der Waals surface area contributed by atoms with Crippen LogP contribution >= 0.6 is 0 Å². The number of hydrogen-bond acceptors (Lipinski definition) is 10. The first-order chi connectivity index (χ1) is 14.9. The number of aliphatic hydroxyl groups is 4. The van der Waals surface area contributed by atoms with Crippen LogP contribution in [0.4, 0.5) is 0 Å². The zero-order chi connectivity index (χ0) is 25.9. The summed E-state index contributed by atoms with van der Waals surface area (Å²) in [6.45, 7) is 5.40. The van der Waals surface area contributed by atoms with Gasteiger partial charge in [0.15, 0.2) is 0 Å². The average Bonchev–Trinajstić information content (AvgIpc) is 2.73. The Kier molecular flexibility index (Phi) is 33.3. The monoisotopic (exact) mass is 472 g/mol. The molecule has 192 valence electrons. The van der Waals surface area contributed by atoms with Crippen LogP contribution in [0, 0.1) is 0 Å². The molecule has 0 aromatic carbocycles. The highest BCUT2D eigenvalue weighted by Crippen LogP contribution is 1.91. The van der Waals surface area contributed by atoms with Crippen molar-refractivity contribution in [1.82, 2.24) is 0 Å². The summed E-state index contributed by atoms with van der Waals surface area (Å²) in [5, 5.41) is 49.7. The van der Waals surface area contributed by atoms with Crippen molar-refractivity contribution in [3.05, 3.63) is 0 Å². The molecule has 12 nitrogen and oxygen atoms in total. The third-order valence-electron chi connectivity index (χ3n) is 2.87. The predicted octanol–water partition coefficient (Wildman–Crippen LogP) is 0.328. The summed E-state index contributed by atoms with van der Waals surface area (Å²) in [4.78, 5) is 39.6. The van der Waals surface area contributed by atoms with Crippen LogP contribution in [0.25, 0.3) is 0 Å². The van der Waals surface area contributed by atoms with Crippen LogP contribution < -0.4 is 0 Å². The van der Waals surface area contributed by atoms with Gasteiger partial charge in [-0.2, -0.15) is 0 Å². The normalized spacial score (nSPS) is 11.0. The Hall–Kier alpha value is -2.28. The number of hydrogen-bond donors (Lipinski definition) is 6. The predicted molar refractivity (Wildman–Crippen MR) is 114 cm³/mol. The van der Waals surface area contributed by atoms with Gasteiger partial charge in [0.05, 0.1) is 13.2 Å². The number of aliphatic hydroxyl groups excluding tert-OH is 4. The van der Waals surface area contributed by atoms with Crippen molar-refractivity contribution in [3.8, 4) is 0 Å². The lowest BCUT2D eigenvalue weighted by Gasteiger charge is -2.05. The average molecular weight is 473 g/mol. The van der Waals surface area contributed by atoms with Gasteiger partial charge < -0.3 is 40.1 Å². The van der Waals surface area contributed by atoms with E-state index in [4.69, 9.17) is 30.6 Å². The lowest BCUT2D eigenvalue weighted by Crippen LogP contribution is -2.20. The minimum absolute atomic E-state index is 0.133. The largest absolute Gasteiger partial charge is 0.481 e. The third-order valence-corrected chi connectivity index (χ3v) is 2.87. The molecule has 0 rings (SSSR count). The van der Waals surface area contributed by atoms with Crippen LogP contribution in [0.1, 0.15) is 66.2 Å². The Morgan fingerprint density at radius 1 is 0.688 bits per heavy atom. The van der Waals surface area contributed by atoms with Crippen LogP contribution in [-0.2, 0) is 28.7 Å². The van der Waals surface area contributed by atoms with Gasteiger partial charge in [-0.25, -0.2) is 0 Å². The molecule has 0 heterocycles. The van der Waals surface area contributed by atoms with Gasteiger partial charge in [-0.15, -0.1) is 0 Å². The number of ether oxygens (including phenoxy) is 2. The van der Waals surface area contributed by atoms with E-state index in [-0.39, 0.29) is 26.4 Å². The second kappa shape index (κ2) is 28.7. The first-order valence-electron chi connectivity index (χ1n) is 10.2. The van der Waals surface area contributed by atoms with Gasteiger partial charge in [0.1, 0.15) is 25.4 Å². The number of esters is 2. The van der Waals surface area contributed by atoms with Crippen molar-refractivity contribution in [2.24, 2.45) is 0 Å². The minimum atomic E-state index is -0.950. The highest BCUT2D eigenvalue weighted by Gasteiger charge is 2.03. The van der Waals surface area contributed by atoms with Crippen molar-refractivity contribution in [2.45, 2.75) is 78.4 Å². The second-order valence-electron chi connectivity index (χ2n) is 6.27. The van der Waals surface area contributed by atoms with Gasteiger partial charge in [0, 0.05) is 26.7 Å². The van der Waals surface area contributed by atoms with E-state index in [1.54, 1.807) is 0 Å². The Labute approximate surface area is 188 Å². The van der Waals surface area contributed by atoms with E-state index in [0.717, 1.165) is 25.7 Å². The number of unbranched alkanes of at least 4 members (excludes halogenated alkanes) is 2. The zero-order valence-electron chi connectivity index (χ0n) is 19.4. The number of carbonyl (C=O) groups excluding carboxylic acids is 2. The van der Waals surface area contributed by atoms with Crippen molar-refractivity contribution in [2.75, 3.05) is 26.4 Å². The molecular formula is C20H40O12. The van der Waals surface area contributed by atoms with Crippen molar-refractivity contribution in [1.29, 1.82) is 0 Å². The van der Waals surface area contributed by atoms with Crippen LogP contribution in [0.3, 0.4) is 0 Å². The van der Waals surface area contributed by atoms with Gasteiger partial charge >= 0.3 is 23.9 Å². The number of carboxylic acids is 2. The Balaban J connectivity index is -0.000000165. The van der Waals surface area contributed by atoms with E-state index >= 15 is 0 Å². The van der Waals surface area contributed by atoms with Gasteiger partial charge in [0.2, 0.25) is 0 Å². The van der Waals surface area contributed by atoms with Crippen LogP contribution in [0.2, 0.25) is 0 Å². The van der Waals surface area contributed by atoms with E-state index in [1.165, 1.54) is 13.8 Å². The maximum Gasteiger partial charge on any atom is 0.303 e. The molecule has 0 radical (unpaired) electrons. The van der Waals surface area contributed by atoms with Crippen LogP contribution in [0.5, 0.6) is 0 Å². The number of aliphatic carboxylic acids is 2. The summed E-state index contributed by atoms with van der Waals surface area (Å²) in [6.07, 6.45) is 2.26.